The smallest absolute Gasteiger partial charge is 0.191 e. The van der Waals surface area contributed by atoms with E-state index in [9.17, 15) is 0 Å². The standard InChI is InChI=1S/C20H25N5/c1-15-7-6-8-17(13-15)14-23-20(21-3)22-11-12-25-16(2)24-18-9-4-5-10-19(18)25/h4-10,13H,11-12,14H2,1-3H3,(H2,21,22,23). The number of fused-ring (bicyclic) bond motifs is 1. The third kappa shape index (κ3) is 4.18. The molecule has 0 saturated heterocycles. The van der Waals surface area contributed by atoms with Gasteiger partial charge in [0, 0.05) is 26.7 Å². The van der Waals surface area contributed by atoms with E-state index < -0.39 is 0 Å². The van der Waals surface area contributed by atoms with Crippen LogP contribution in [-0.2, 0) is 13.1 Å². The molecule has 0 radical (unpaired) electrons. The van der Waals surface area contributed by atoms with Gasteiger partial charge in [0.15, 0.2) is 5.96 Å². The Labute approximate surface area is 148 Å². The molecule has 130 valence electrons. The van der Waals surface area contributed by atoms with Gasteiger partial charge in [0.2, 0.25) is 0 Å². The highest BCUT2D eigenvalue weighted by molar-refractivity contribution is 5.79. The average molecular weight is 335 g/mol. The molecule has 1 heterocycles. The normalized spacial score (nSPS) is 11.7. The summed E-state index contributed by atoms with van der Waals surface area (Å²) in [6.07, 6.45) is 0. The highest BCUT2D eigenvalue weighted by atomic mass is 15.2. The molecule has 0 bridgehead atoms. The van der Waals surface area contributed by atoms with Crippen LogP contribution in [0.25, 0.3) is 11.0 Å². The fourth-order valence-corrected chi connectivity index (χ4v) is 2.99. The second-order valence-electron chi connectivity index (χ2n) is 6.14. The molecule has 3 rings (SSSR count). The molecule has 0 amide bonds. The fraction of sp³-hybridized carbons (Fsp3) is 0.300. The molecule has 2 N–H and O–H groups in total. The number of imidazole rings is 1. The van der Waals surface area contributed by atoms with Gasteiger partial charge in [0.1, 0.15) is 5.82 Å². The summed E-state index contributed by atoms with van der Waals surface area (Å²) < 4.78 is 2.23. The molecule has 1 aromatic heterocycles. The molecule has 0 atom stereocenters. The molecule has 5 nitrogen and oxygen atoms in total. The molecular formula is C20H25N5. The summed E-state index contributed by atoms with van der Waals surface area (Å²) in [6, 6.07) is 16.7. The number of hydrogen-bond donors (Lipinski definition) is 2. The van der Waals surface area contributed by atoms with Gasteiger partial charge < -0.3 is 15.2 Å². The van der Waals surface area contributed by atoms with E-state index in [4.69, 9.17) is 0 Å². The van der Waals surface area contributed by atoms with Crippen molar-refractivity contribution >= 4 is 17.0 Å². The number of rotatable bonds is 5. The molecule has 0 saturated carbocycles. The zero-order valence-corrected chi connectivity index (χ0v) is 15.1. The van der Waals surface area contributed by atoms with Crippen molar-refractivity contribution in [1.82, 2.24) is 20.2 Å². The van der Waals surface area contributed by atoms with Crippen molar-refractivity contribution in [1.29, 1.82) is 0 Å². The van der Waals surface area contributed by atoms with Crippen molar-refractivity contribution in [3.05, 3.63) is 65.5 Å². The van der Waals surface area contributed by atoms with Crippen molar-refractivity contribution in [2.45, 2.75) is 26.9 Å². The second-order valence-corrected chi connectivity index (χ2v) is 6.14. The number of benzene rings is 2. The van der Waals surface area contributed by atoms with E-state index in [0.29, 0.717) is 0 Å². The summed E-state index contributed by atoms with van der Waals surface area (Å²) in [4.78, 5) is 8.90. The maximum Gasteiger partial charge on any atom is 0.191 e. The Morgan fingerprint density at radius 1 is 1.08 bits per heavy atom. The maximum absolute atomic E-state index is 4.60. The first-order valence-corrected chi connectivity index (χ1v) is 8.59. The van der Waals surface area contributed by atoms with E-state index >= 15 is 0 Å². The average Bonchev–Trinajstić information content (AvgIpc) is 2.93. The van der Waals surface area contributed by atoms with Gasteiger partial charge in [0.05, 0.1) is 11.0 Å². The largest absolute Gasteiger partial charge is 0.355 e. The Kier molecular flexibility index (Phi) is 5.33. The lowest BCUT2D eigenvalue weighted by Crippen LogP contribution is -2.38. The molecule has 0 unspecified atom stereocenters. The minimum atomic E-state index is 0.758. The monoisotopic (exact) mass is 335 g/mol. The van der Waals surface area contributed by atoms with Gasteiger partial charge in [-0.05, 0) is 31.5 Å². The second kappa shape index (κ2) is 7.83. The third-order valence-corrected chi connectivity index (χ3v) is 4.24. The zero-order valence-electron chi connectivity index (χ0n) is 15.1. The van der Waals surface area contributed by atoms with Crippen LogP contribution in [0.3, 0.4) is 0 Å². The number of guanidine groups is 1. The van der Waals surface area contributed by atoms with Crippen LogP contribution in [-0.4, -0.2) is 29.1 Å². The Hall–Kier alpha value is -2.82. The molecule has 3 aromatic rings. The molecular weight excluding hydrogens is 310 g/mol. The number of aryl methyl sites for hydroxylation is 2. The van der Waals surface area contributed by atoms with Crippen molar-refractivity contribution in [2.75, 3.05) is 13.6 Å². The fourth-order valence-electron chi connectivity index (χ4n) is 2.99. The molecule has 2 aromatic carbocycles. The summed E-state index contributed by atoms with van der Waals surface area (Å²) >= 11 is 0. The number of nitrogens with zero attached hydrogens (tertiary/aromatic N) is 3. The van der Waals surface area contributed by atoms with Gasteiger partial charge in [-0.15, -0.1) is 0 Å². The number of aromatic nitrogens is 2. The predicted octanol–water partition coefficient (Wildman–Crippen LogP) is 3.02. The highest BCUT2D eigenvalue weighted by Gasteiger charge is 2.06. The van der Waals surface area contributed by atoms with E-state index in [-0.39, 0.29) is 0 Å². The van der Waals surface area contributed by atoms with E-state index in [2.05, 4.69) is 74.6 Å². The summed E-state index contributed by atoms with van der Waals surface area (Å²) in [5, 5.41) is 6.73. The lowest BCUT2D eigenvalue weighted by Gasteiger charge is -2.13. The first-order chi connectivity index (χ1) is 12.2. The minimum absolute atomic E-state index is 0.758. The van der Waals surface area contributed by atoms with Crippen molar-refractivity contribution in [3.8, 4) is 0 Å². The summed E-state index contributed by atoms with van der Waals surface area (Å²) in [6.45, 7) is 6.54. The van der Waals surface area contributed by atoms with Crippen LogP contribution in [0.4, 0.5) is 0 Å². The predicted molar refractivity (Wildman–Crippen MR) is 104 cm³/mol. The zero-order chi connectivity index (χ0) is 17.6. The van der Waals surface area contributed by atoms with Gasteiger partial charge in [-0.1, -0.05) is 42.0 Å². The first-order valence-electron chi connectivity index (χ1n) is 8.59. The molecule has 25 heavy (non-hydrogen) atoms. The van der Waals surface area contributed by atoms with E-state index in [1.807, 2.05) is 13.0 Å². The van der Waals surface area contributed by atoms with E-state index in [0.717, 1.165) is 36.9 Å². The van der Waals surface area contributed by atoms with Gasteiger partial charge in [0.25, 0.3) is 0 Å². The van der Waals surface area contributed by atoms with Gasteiger partial charge in [-0.3, -0.25) is 4.99 Å². The van der Waals surface area contributed by atoms with Gasteiger partial charge in [-0.2, -0.15) is 0 Å². The number of nitrogens with one attached hydrogen (secondary N) is 2. The van der Waals surface area contributed by atoms with Crippen LogP contribution < -0.4 is 10.6 Å². The third-order valence-electron chi connectivity index (χ3n) is 4.24. The van der Waals surface area contributed by atoms with Crippen molar-refractivity contribution in [3.63, 3.8) is 0 Å². The van der Waals surface area contributed by atoms with E-state index in [1.54, 1.807) is 7.05 Å². The molecule has 0 aliphatic carbocycles. The van der Waals surface area contributed by atoms with E-state index in [1.165, 1.54) is 16.6 Å². The summed E-state index contributed by atoms with van der Waals surface area (Å²) in [7, 11) is 1.80. The van der Waals surface area contributed by atoms with Gasteiger partial charge in [-0.25, -0.2) is 4.98 Å². The Morgan fingerprint density at radius 2 is 1.92 bits per heavy atom. The summed E-state index contributed by atoms with van der Waals surface area (Å²) in [5.74, 6) is 1.84. The van der Waals surface area contributed by atoms with Crippen LogP contribution in [0.5, 0.6) is 0 Å². The van der Waals surface area contributed by atoms with Crippen LogP contribution in [0.2, 0.25) is 0 Å². The Balaban J connectivity index is 1.55. The maximum atomic E-state index is 4.60. The number of hydrogen-bond acceptors (Lipinski definition) is 2. The topological polar surface area (TPSA) is 54.2 Å². The van der Waals surface area contributed by atoms with Crippen LogP contribution >= 0.6 is 0 Å². The van der Waals surface area contributed by atoms with Crippen LogP contribution in [0.15, 0.2) is 53.5 Å². The number of para-hydroxylation sites is 2. The molecule has 0 spiro atoms. The SMILES string of the molecule is CN=C(NCCn1c(C)nc2ccccc21)NCc1cccc(C)c1. The van der Waals surface area contributed by atoms with Gasteiger partial charge >= 0.3 is 0 Å². The van der Waals surface area contributed by atoms with Crippen molar-refractivity contribution in [2.24, 2.45) is 4.99 Å². The highest BCUT2D eigenvalue weighted by Crippen LogP contribution is 2.14. The van der Waals surface area contributed by atoms with Crippen LogP contribution in [0, 0.1) is 13.8 Å². The summed E-state index contributed by atoms with van der Waals surface area (Å²) in [5.41, 5.74) is 4.73. The Bertz CT molecular complexity index is 879. The molecule has 0 fully saturated rings. The molecule has 0 aliphatic heterocycles. The lowest BCUT2D eigenvalue weighted by atomic mass is 10.1. The molecule has 0 aliphatic rings. The minimum Gasteiger partial charge on any atom is -0.355 e. The Morgan fingerprint density at radius 3 is 2.72 bits per heavy atom. The number of aliphatic imine (C=N–C) groups is 1. The van der Waals surface area contributed by atoms with Crippen molar-refractivity contribution < 1.29 is 0 Å². The van der Waals surface area contributed by atoms with Crippen LogP contribution in [0.1, 0.15) is 17.0 Å². The first kappa shape index (κ1) is 17.0. The quantitative estimate of drug-likeness (QED) is 0.557. The molecule has 5 heteroatoms. The lowest BCUT2D eigenvalue weighted by molar-refractivity contribution is 0.660.